The molecule has 0 saturated carbocycles. The van der Waals surface area contributed by atoms with Gasteiger partial charge in [-0.25, -0.2) is 19.3 Å². The van der Waals surface area contributed by atoms with Crippen molar-refractivity contribution in [2.24, 2.45) is 20.0 Å². The Morgan fingerprint density at radius 1 is 0.886 bits per heavy atom. The molecule has 0 amide bonds. The molecule has 5 rings (SSSR count). The van der Waals surface area contributed by atoms with Crippen molar-refractivity contribution in [3.8, 4) is 22.8 Å². The Morgan fingerprint density at radius 2 is 1.50 bits per heavy atom. The molecule has 0 bridgehead atoms. The molecule has 10 atom stereocenters. The van der Waals surface area contributed by atoms with Crippen LogP contribution in [0.15, 0.2) is 37.4 Å². The summed E-state index contributed by atoms with van der Waals surface area (Å²) < 4.78 is 12.1. The highest BCUT2D eigenvalue weighted by molar-refractivity contribution is 8.00. The molecule has 44 heavy (non-hydrogen) atoms. The fraction of sp³-hybridized carbons (Fsp3) is 0.615. The van der Waals surface area contributed by atoms with E-state index in [0.717, 1.165) is 11.8 Å². The summed E-state index contributed by atoms with van der Waals surface area (Å²) in [5.41, 5.74) is 1.27. The van der Waals surface area contributed by atoms with Crippen LogP contribution in [-0.4, -0.2) is 134 Å². The van der Waals surface area contributed by atoms with Crippen molar-refractivity contribution in [2.45, 2.75) is 67.1 Å². The van der Waals surface area contributed by atoms with Crippen LogP contribution in [0.25, 0.3) is 22.8 Å². The molecule has 0 aromatic carbocycles. The van der Waals surface area contributed by atoms with Crippen LogP contribution in [0.5, 0.6) is 0 Å². The van der Waals surface area contributed by atoms with E-state index < -0.39 is 65.8 Å². The van der Waals surface area contributed by atoms with Crippen LogP contribution in [0.1, 0.15) is 25.9 Å². The second kappa shape index (κ2) is 13.4. The van der Waals surface area contributed by atoms with Gasteiger partial charge in [-0.05, 0) is 0 Å². The van der Waals surface area contributed by atoms with E-state index in [2.05, 4.69) is 30.6 Å². The van der Waals surface area contributed by atoms with Gasteiger partial charge in [0.2, 0.25) is 0 Å². The second-order valence-electron chi connectivity index (χ2n) is 11.1. The van der Waals surface area contributed by atoms with E-state index >= 15 is 0 Å². The van der Waals surface area contributed by atoms with Crippen LogP contribution in [0.2, 0.25) is 0 Å². The fourth-order valence-electron chi connectivity index (χ4n) is 5.31. The third kappa shape index (κ3) is 6.16. The number of aromatic nitrogens is 10. The Labute approximate surface area is 256 Å². The largest absolute Gasteiger partial charge is 0.396 e. The molecule has 1 fully saturated rings. The highest BCUT2D eigenvalue weighted by Crippen LogP contribution is 2.39. The van der Waals surface area contributed by atoms with Gasteiger partial charge in [0, 0.05) is 31.9 Å². The van der Waals surface area contributed by atoms with E-state index in [-0.39, 0.29) is 6.61 Å². The topological polar surface area (TPSA) is 228 Å². The summed E-state index contributed by atoms with van der Waals surface area (Å²) >= 11 is 1.06. The molecule has 1 saturated heterocycles. The zero-order valence-corrected chi connectivity index (χ0v) is 25.4. The third-order valence-corrected chi connectivity index (χ3v) is 9.41. The van der Waals surface area contributed by atoms with Crippen molar-refractivity contribution in [3.63, 3.8) is 0 Å². The first kappa shape index (κ1) is 32.2. The smallest absolute Gasteiger partial charge is 0.132 e. The van der Waals surface area contributed by atoms with Crippen molar-refractivity contribution in [1.82, 2.24) is 49.1 Å². The SMILES string of the molecule is CC(S[C@@H]1OC(CO)[C@H](O)C(n2cc(-c3cncn3C)nn2)C1O)C(O)C(C(O)[C@H](C)CO)n1cc(-c2cncn2C)nn1. The van der Waals surface area contributed by atoms with Crippen LogP contribution in [0, 0.1) is 5.92 Å². The molecule has 1 aliphatic heterocycles. The summed E-state index contributed by atoms with van der Waals surface area (Å²) in [5.74, 6) is -0.619. The van der Waals surface area contributed by atoms with E-state index in [0.29, 0.717) is 22.8 Å². The van der Waals surface area contributed by atoms with Crippen molar-refractivity contribution < 1.29 is 35.4 Å². The van der Waals surface area contributed by atoms with Crippen molar-refractivity contribution >= 4 is 11.8 Å². The molecule has 4 aromatic heterocycles. The normalized spacial score (nSPS) is 25.9. The fourth-order valence-corrected chi connectivity index (χ4v) is 6.58. The summed E-state index contributed by atoms with van der Waals surface area (Å²) in [6, 6.07) is -2.08. The third-order valence-electron chi connectivity index (χ3n) is 8.04. The minimum atomic E-state index is -1.34. The number of imidazole rings is 2. The number of rotatable bonds is 12. The molecular weight excluding hydrogens is 596 g/mol. The average molecular weight is 635 g/mol. The van der Waals surface area contributed by atoms with E-state index in [9.17, 15) is 30.6 Å². The Kier molecular flexibility index (Phi) is 9.80. The van der Waals surface area contributed by atoms with Gasteiger partial charge in [-0.1, -0.05) is 24.3 Å². The number of thioether (sulfide) groups is 1. The monoisotopic (exact) mass is 634 g/mol. The van der Waals surface area contributed by atoms with Gasteiger partial charge in [0.1, 0.15) is 47.2 Å². The van der Waals surface area contributed by atoms with E-state index in [4.69, 9.17) is 4.74 Å². The van der Waals surface area contributed by atoms with Crippen LogP contribution < -0.4 is 0 Å². The van der Waals surface area contributed by atoms with Gasteiger partial charge >= 0.3 is 0 Å². The summed E-state index contributed by atoms with van der Waals surface area (Å²) in [7, 11) is 3.60. The lowest BCUT2D eigenvalue weighted by Gasteiger charge is -2.43. The summed E-state index contributed by atoms with van der Waals surface area (Å²) in [5, 5.41) is 81.0. The standard InChI is InChI=1S/C26H38N10O7S/c1-13(9-37)22(39)20(35-7-15(29-31-35)17-5-27-11-33(17)3)23(40)14(2)44-26-25(42)21(24(41)19(10-38)43-26)36-8-16(30-32-36)18-6-28-12-34(18)4/h5-8,11-14,19-26,37-42H,9-10H2,1-4H3/t13-,14?,19?,20?,21?,22?,23?,24+,25?,26+/m1/s1. The molecule has 7 unspecified atom stereocenters. The molecular formula is C26H38N10O7S. The molecule has 17 nitrogen and oxygen atoms in total. The van der Waals surface area contributed by atoms with Gasteiger partial charge in [0.05, 0.1) is 67.6 Å². The Morgan fingerprint density at radius 3 is 2.07 bits per heavy atom. The number of nitrogens with zero attached hydrogens (tertiary/aromatic N) is 10. The van der Waals surface area contributed by atoms with Crippen molar-refractivity contribution in [3.05, 3.63) is 37.4 Å². The van der Waals surface area contributed by atoms with Crippen LogP contribution in [-0.2, 0) is 18.8 Å². The Bertz CT molecular complexity index is 1510. The van der Waals surface area contributed by atoms with Gasteiger partial charge in [0.15, 0.2) is 0 Å². The number of aryl methyl sites for hydroxylation is 2. The maximum Gasteiger partial charge on any atom is 0.132 e. The van der Waals surface area contributed by atoms with Gasteiger partial charge in [-0.2, -0.15) is 0 Å². The molecule has 4 aromatic rings. The molecule has 6 N–H and O–H groups in total. The number of hydrogen-bond donors (Lipinski definition) is 6. The Hall–Kier alpha value is -3.23. The minimum Gasteiger partial charge on any atom is -0.396 e. The molecule has 0 aliphatic carbocycles. The van der Waals surface area contributed by atoms with Gasteiger partial charge < -0.3 is 44.5 Å². The number of aliphatic hydroxyl groups is 6. The highest BCUT2D eigenvalue weighted by atomic mass is 32.2. The maximum atomic E-state index is 11.6. The van der Waals surface area contributed by atoms with Gasteiger partial charge in [-0.15, -0.1) is 22.0 Å². The number of ether oxygens (including phenoxy) is 1. The highest BCUT2D eigenvalue weighted by Gasteiger charge is 2.48. The predicted molar refractivity (Wildman–Crippen MR) is 156 cm³/mol. The average Bonchev–Trinajstić information content (AvgIpc) is 3.82. The van der Waals surface area contributed by atoms with Crippen LogP contribution >= 0.6 is 11.8 Å². The quantitative estimate of drug-likeness (QED) is 0.103. The molecule has 240 valence electrons. The lowest BCUT2D eigenvalue weighted by molar-refractivity contribution is -0.178. The number of hydrogen-bond acceptors (Lipinski definition) is 14. The Balaban J connectivity index is 1.38. The minimum absolute atomic E-state index is 0.337. The van der Waals surface area contributed by atoms with E-state index in [1.54, 1.807) is 74.5 Å². The van der Waals surface area contributed by atoms with E-state index in [1.807, 2.05) is 0 Å². The summed E-state index contributed by atoms with van der Waals surface area (Å²) in [6.07, 6.45) is 3.37. The lowest BCUT2D eigenvalue weighted by Crippen LogP contribution is -2.55. The molecule has 5 heterocycles. The zero-order chi connectivity index (χ0) is 31.7. The van der Waals surface area contributed by atoms with E-state index in [1.165, 1.54) is 9.36 Å². The molecule has 0 radical (unpaired) electrons. The van der Waals surface area contributed by atoms with Crippen molar-refractivity contribution in [1.29, 1.82) is 0 Å². The van der Waals surface area contributed by atoms with Crippen LogP contribution in [0.4, 0.5) is 0 Å². The molecule has 1 aliphatic rings. The second-order valence-corrected chi connectivity index (χ2v) is 12.6. The summed E-state index contributed by atoms with van der Waals surface area (Å²) in [6.45, 7) is 2.46. The van der Waals surface area contributed by atoms with Gasteiger partial charge in [0.25, 0.3) is 0 Å². The molecule has 18 heteroatoms. The van der Waals surface area contributed by atoms with Crippen LogP contribution in [0.3, 0.4) is 0 Å². The first-order valence-electron chi connectivity index (χ1n) is 14.1. The first-order chi connectivity index (χ1) is 21.0. The van der Waals surface area contributed by atoms with Crippen molar-refractivity contribution in [2.75, 3.05) is 13.2 Å². The predicted octanol–water partition coefficient (Wildman–Crippen LogP) is -1.64. The first-order valence-corrected chi connectivity index (χ1v) is 15.0. The van der Waals surface area contributed by atoms with Gasteiger partial charge in [-0.3, -0.25) is 0 Å². The lowest BCUT2D eigenvalue weighted by atomic mass is 9.93. The molecule has 0 spiro atoms. The zero-order valence-electron chi connectivity index (χ0n) is 24.6. The number of aliphatic hydroxyl groups excluding tert-OH is 6. The maximum absolute atomic E-state index is 11.6. The summed E-state index contributed by atoms with van der Waals surface area (Å²) in [4.78, 5) is 8.17.